The van der Waals surface area contributed by atoms with Crippen LogP contribution in [-0.2, 0) is 5.41 Å². The molecule has 61 heavy (non-hydrogen) atoms. The van der Waals surface area contributed by atoms with Gasteiger partial charge in [-0.05, 0) is 88.0 Å². The van der Waals surface area contributed by atoms with Gasteiger partial charge in [-0.25, -0.2) is 4.98 Å². The molecule has 0 radical (unpaired) electrons. The molecule has 9 aromatic carbocycles. The van der Waals surface area contributed by atoms with Gasteiger partial charge in [-0.15, -0.1) is 0 Å². The van der Waals surface area contributed by atoms with Crippen LogP contribution in [0, 0.1) is 11.3 Å². The van der Waals surface area contributed by atoms with E-state index in [0.717, 1.165) is 88.8 Å². The van der Waals surface area contributed by atoms with Crippen molar-refractivity contribution in [3.63, 3.8) is 0 Å². The third-order valence-corrected chi connectivity index (χ3v) is 13.1. The summed E-state index contributed by atoms with van der Waals surface area (Å²) in [5.41, 5.74) is 15.8. The van der Waals surface area contributed by atoms with Crippen LogP contribution < -0.4 is 4.74 Å². The largest absolute Gasteiger partial charge is 0.457 e. The smallest absolute Gasteiger partial charge is 0.132 e. The molecule has 4 heteroatoms. The second kappa shape index (κ2) is 12.6. The van der Waals surface area contributed by atoms with E-state index >= 15 is 0 Å². The number of hydrogen-bond donors (Lipinski definition) is 0. The minimum absolute atomic E-state index is 0.565. The zero-order valence-corrected chi connectivity index (χ0v) is 32.8. The van der Waals surface area contributed by atoms with Gasteiger partial charge >= 0.3 is 0 Å². The van der Waals surface area contributed by atoms with Gasteiger partial charge in [0.15, 0.2) is 0 Å². The number of hydrogen-bond acceptors (Lipinski definition) is 3. The highest BCUT2D eigenvalue weighted by Crippen LogP contribution is 2.63. The fraction of sp³-hybridized carbons (Fsp3) is 0.0175. The maximum atomic E-state index is 9.66. The fourth-order valence-corrected chi connectivity index (χ4v) is 10.6. The molecule has 0 atom stereocenters. The number of aromatic nitrogens is 2. The van der Waals surface area contributed by atoms with Crippen LogP contribution in [0.25, 0.3) is 82.7 Å². The molecule has 1 aliphatic heterocycles. The molecule has 0 N–H and O–H groups in total. The quantitative estimate of drug-likeness (QED) is 0.168. The molecule has 0 saturated heterocycles. The Balaban J connectivity index is 1.04. The number of benzene rings is 9. The molecular formula is C57H33N3O. The number of ether oxygens (including phenoxy) is 1. The summed E-state index contributed by atoms with van der Waals surface area (Å²) in [6.07, 6.45) is 0. The second-order valence-electron chi connectivity index (χ2n) is 16.1. The highest BCUT2D eigenvalue weighted by atomic mass is 16.5. The molecule has 0 amide bonds. The Morgan fingerprint density at radius 2 is 1.13 bits per heavy atom. The molecule has 0 unspecified atom stereocenters. The van der Waals surface area contributed by atoms with Crippen LogP contribution in [0.2, 0.25) is 0 Å². The lowest BCUT2D eigenvalue weighted by Crippen LogP contribution is -2.32. The molecule has 0 saturated carbocycles. The first-order valence-electron chi connectivity index (χ1n) is 20.7. The highest BCUT2D eigenvalue weighted by Gasteiger charge is 2.51. The summed E-state index contributed by atoms with van der Waals surface area (Å²) in [7, 11) is 0. The zero-order valence-electron chi connectivity index (χ0n) is 32.8. The molecule has 2 aliphatic rings. The number of fused-ring (bicyclic) bond motifs is 16. The number of rotatable bonds is 3. The van der Waals surface area contributed by atoms with E-state index in [4.69, 9.17) is 9.72 Å². The number of para-hydroxylation sites is 3. The minimum atomic E-state index is -0.565. The Kier molecular flexibility index (Phi) is 6.97. The molecule has 1 aliphatic carbocycles. The predicted molar refractivity (Wildman–Crippen MR) is 247 cm³/mol. The Hall–Kier alpha value is -8.26. The normalized spacial score (nSPS) is 13.2. The molecule has 0 bridgehead atoms. The summed E-state index contributed by atoms with van der Waals surface area (Å²) in [4.78, 5) is 5.51. The lowest BCUT2D eigenvalue weighted by atomic mass is 9.66. The second-order valence-corrected chi connectivity index (χ2v) is 16.1. The number of nitriles is 1. The van der Waals surface area contributed by atoms with Gasteiger partial charge in [0, 0.05) is 49.3 Å². The Morgan fingerprint density at radius 3 is 1.92 bits per heavy atom. The summed E-state index contributed by atoms with van der Waals surface area (Å²) in [5, 5.41) is 15.3. The zero-order chi connectivity index (χ0) is 40.2. The van der Waals surface area contributed by atoms with Crippen molar-refractivity contribution in [2.45, 2.75) is 5.41 Å². The molecule has 3 heterocycles. The molecule has 11 aromatic rings. The first kappa shape index (κ1) is 33.7. The lowest BCUT2D eigenvalue weighted by molar-refractivity contribution is 0.436. The van der Waals surface area contributed by atoms with Crippen molar-refractivity contribution in [2.24, 2.45) is 0 Å². The molecule has 2 aromatic heterocycles. The van der Waals surface area contributed by atoms with Crippen molar-refractivity contribution >= 4 is 43.5 Å². The van der Waals surface area contributed by atoms with Gasteiger partial charge in [0.25, 0.3) is 0 Å². The van der Waals surface area contributed by atoms with Gasteiger partial charge in [-0.2, -0.15) is 5.26 Å². The van der Waals surface area contributed by atoms with Crippen molar-refractivity contribution in [2.75, 3.05) is 0 Å². The van der Waals surface area contributed by atoms with E-state index in [1.807, 2.05) is 12.1 Å². The standard InChI is InChI=1S/C57H33N3O/c58-34-35-22-31-51-44(32-35)40-14-5-9-19-50(40)60(51)39-26-23-36(24-27-39)38-25-28-42-49(33-38)59-56(37-12-2-1-3-13-37)43-29-30-48-55(54(42)43)41-15-4-6-16-45(41)57(48)46-17-7-10-20-52(46)61-53-21-11-8-18-47(53)57/h1-33H. The van der Waals surface area contributed by atoms with Crippen molar-refractivity contribution in [3.05, 3.63) is 228 Å². The molecule has 0 fully saturated rings. The van der Waals surface area contributed by atoms with E-state index < -0.39 is 5.41 Å². The van der Waals surface area contributed by atoms with E-state index in [1.54, 1.807) is 0 Å². The molecule has 4 nitrogen and oxygen atoms in total. The van der Waals surface area contributed by atoms with Gasteiger partial charge in [-0.1, -0.05) is 146 Å². The monoisotopic (exact) mass is 775 g/mol. The summed E-state index contributed by atoms with van der Waals surface area (Å²) in [5.74, 6) is 1.77. The van der Waals surface area contributed by atoms with Crippen LogP contribution >= 0.6 is 0 Å². The topological polar surface area (TPSA) is 50.8 Å². The Labute approximate surface area is 351 Å². The molecule has 13 rings (SSSR count). The SMILES string of the molecule is N#Cc1ccc2c(c1)c1ccccc1n2-c1ccc(-c2ccc3c(c2)nc(-c2ccccc2)c2ccc4c(c23)-c2ccccc2C42c3ccccc3Oc3ccccc32)cc1. The van der Waals surface area contributed by atoms with E-state index in [-0.39, 0.29) is 0 Å². The molecular weight excluding hydrogens is 743 g/mol. The van der Waals surface area contributed by atoms with Crippen molar-refractivity contribution in [1.29, 1.82) is 5.26 Å². The number of pyridine rings is 1. The Morgan fingerprint density at radius 1 is 0.475 bits per heavy atom. The van der Waals surface area contributed by atoms with Crippen LogP contribution in [0.3, 0.4) is 0 Å². The van der Waals surface area contributed by atoms with Crippen LogP contribution in [0.5, 0.6) is 11.5 Å². The van der Waals surface area contributed by atoms with Crippen LogP contribution in [0.4, 0.5) is 0 Å². The minimum Gasteiger partial charge on any atom is -0.457 e. The summed E-state index contributed by atoms with van der Waals surface area (Å²) < 4.78 is 8.92. The Bertz CT molecular complexity index is 3640. The fourth-order valence-electron chi connectivity index (χ4n) is 10.6. The number of nitrogens with zero attached hydrogens (tertiary/aromatic N) is 3. The maximum Gasteiger partial charge on any atom is 0.132 e. The summed E-state index contributed by atoms with van der Waals surface area (Å²) in [6.45, 7) is 0. The third-order valence-electron chi connectivity index (χ3n) is 13.1. The van der Waals surface area contributed by atoms with E-state index in [2.05, 4.69) is 199 Å². The first-order valence-corrected chi connectivity index (χ1v) is 20.7. The van der Waals surface area contributed by atoms with E-state index in [0.29, 0.717) is 5.56 Å². The molecule has 282 valence electrons. The average molecular weight is 776 g/mol. The van der Waals surface area contributed by atoms with Crippen LogP contribution in [-0.4, -0.2) is 9.55 Å². The summed E-state index contributed by atoms with van der Waals surface area (Å²) >= 11 is 0. The third kappa shape index (κ3) is 4.60. The van der Waals surface area contributed by atoms with Gasteiger partial charge in [0.2, 0.25) is 0 Å². The van der Waals surface area contributed by atoms with Crippen LogP contribution in [0.1, 0.15) is 27.8 Å². The maximum absolute atomic E-state index is 9.66. The average Bonchev–Trinajstić information content (AvgIpc) is 3.82. The van der Waals surface area contributed by atoms with Gasteiger partial charge < -0.3 is 9.30 Å². The summed E-state index contributed by atoms with van der Waals surface area (Å²) in [6, 6.07) is 73.5. The van der Waals surface area contributed by atoms with Gasteiger partial charge in [-0.3, -0.25) is 0 Å². The molecule has 1 spiro atoms. The van der Waals surface area contributed by atoms with Gasteiger partial charge in [0.1, 0.15) is 11.5 Å². The lowest BCUT2D eigenvalue weighted by Gasteiger charge is -2.39. The van der Waals surface area contributed by atoms with Crippen molar-refractivity contribution in [1.82, 2.24) is 9.55 Å². The van der Waals surface area contributed by atoms with Crippen molar-refractivity contribution < 1.29 is 4.74 Å². The predicted octanol–water partition coefficient (Wildman–Crippen LogP) is 14.2. The van der Waals surface area contributed by atoms with Crippen molar-refractivity contribution in [3.8, 4) is 56.8 Å². The van der Waals surface area contributed by atoms with E-state index in [9.17, 15) is 5.26 Å². The van der Waals surface area contributed by atoms with Crippen LogP contribution in [0.15, 0.2) is 200 Å². The van der Waals surface area contributed by atoms with Gasteiger partial charge in [0.05, 0.1) is 39.3 Å². The highest BCUT2D eigenvalue weighted by molar-refractivity contribution is 6.20. The first-order chi connectivity index (χ1) is 30.2. The van der Waals surface area contributed by atoms with E-state index in [1.165, 1.54) is 27.6 Å².